The summed E-state index contributed by atoms with van der Waals surface area (Å²) in [5.74, 6) is -1.64. The van der Waals surface area contributed by atoms with Crippen LogP contribution in [0.4, 0.5) is 5.69 Å². The molecule has 0 aliphatic carbocycles. The molecule has 20 heavy (non-hydrogen) atoms. The van der Waals surface area contributed by atoms with Crippen molar-refractivity contribution < 1.29 is 14.7 Å². The fraction of sp³-hybridized carbons (Fsp3) is 0.0833. The molecule has 0 spiro atoms. The zero-order valence-corrected chi connectivity index (χ0v) is 12.4. The number of carboxylic acid groups (broad SMARTS) is 1. The number of carbonyl (C=O) groups excluding carboxylic acids is 1. The molecule has 0 radical (unpaired) electrons. The lowest BCUT2D eigenvalue weighted by molar-refractivity contribution is 0.0703. The van der Waals surface area contributed by atoms with Gasteiger partial charge in [0.05, 0.1) is 11.3 Å². The van der Waals surface area contributed by atoms with E-state index in [2.05, 4.69) is 10.3 Å². The molecule has 2 rings (SSSR count). The first kappa shape index (κ1) is 14.8. The van der Waals surface area contributed by atoms with Gasteiger partial charge in [-0.05, 0) is 30.0 Å². The second-order valence-corrected chi connectivity index (χ2v) is 5.48. The predicted molar refractivity (Wildman–Crippen MR) is 78.2 cm³/mol. The monoisotopic (exact) mass is 330 g/mol. The maximum atomic E-state index is 12.1. The number of amides is 1. The van der Waals surface area contributed by atoms with Gasteiger partial charge in [0.25, 0.3) is 5.91 Å². The third-order valence-corrected chi connectivity index (χ3v) is 4.05. The molecule has 1 amide bonds. The molecule has 0 unspecified atom stereocenters. The molecule has 0 fully saturated rings. The van der Waals surface area contributed by atoms with Crippen LogP contribution in [0.5, 0.6) is 0 Å². The Morgan fingerprint density at radius 3 is 2.65 bits per heavy atom. The van der Waals surface area contributed by atoms with E-state index in [9.17, 15) is 9.59 Å². The van der Waals surface area contributed by atoms with E-state index in [1.807, 2.05) is 0 Å². The Kier molecular flexibility index (Phi) is 4.27. The number of carbonyl (C=O) groups is 2. The summed E-state index contributed by atoms with van der Waals surface area (Å²) in [5.41, 5.74) is 1.05. The molecule has 2 aromatic rings. The summed E-state index contributed by atoms with van der Waals surface area (Å²) in [6, 6.07) is 2.86. The number of nitrogens with one attached hydrogen (secondary N) is 1. The van der Waals surface area contributed by atoms with Gasteiger partial charge in [0.1, 0.15) is 15.2 Å². The number of rotatable bonds is 3. The van der Waals surface area contributed by atoms with Gasteiger partial charge >= 0.3 is 5.97 Å². The van der Waals surface area contributed by atoms with Crippen molar-refractivity contribution in [1.82, 2.24) is 4.98 Å². The predicted octanol–water partition coefficient (Wildman–Crippen LogP) is 3.71. The van der Waals surface area contributed by atoms with Gasteiger partial charge in [0.2, 0.25) is 0 Å². The second kappa shape index (κ2) is 5.78. The maximum absolute atomic E-state index is 12.1. The van der Waals surface area contributed by atoms with Crippen molar-refractivity contribution in [3.05, 3.63) is 43.8 Å². The number of halogens is 2. The van der Waals surface area contributed by atoms with Crippen LogP contribution in [0.25, 0.3) is 0 Å². The number of nitrogens with zero attached hydrogens (tertiary/aromatic N) is 1. The van der Waals surface area contributed by atoms with E-state index in [1.165, 1.54) is 12.1 Å². The molecule has 0 saturated heterocycles. The molecule has 0 bridgehead atoms. The van der Waals surface area contributed by atoms with Gasteiger partial charge in [0.15, 0.2) is 0 Å². The largest absolute Gasteiger partial charge is 0.477 e. The molecule has 2 heterocycles. The van der Waals surface area contributed by atoms with E-state index in [0.29, 0.717) is 5.56 Å². The summed E-state index contributed by atoms with van der Waals surface area (Å²) in [6.07, 6.45) is 0. The first-order valence-electron chi connectivity index (χ1n) is 5.35. The normalized spacial score (nSPS) is 10.3. The Balaban J connectivity index is 2.33. The number of pyridine rings is 1. The summed E-state index contributed by atoms with van der Waals surface area (Å²) in [6.45, 7) is 1.71. The van der Waals surface area contributed by atoms with Crippen molar-refractivity contribution in [3.8, 4) is 0 Å². The van der Waals surface area contributed by atoms with Crippen molar-refractivity contribution in [2.24, 2.45) is 0 Å². The SMILES string of the molecule is Cc1csc(C(=O)O)c1NC(=O)c1ccc(Cl)nc1Cl. The number of aromatic nitrogens is 1. The average Bonchev–Trinajstić information content (AvgIpc) is 2.71. The summed E-state index contributed by atoms with van der Waals surface area (Å²) >= 11 is 12.5. The van der Waals surface area contributed by atoms with Crippen LogP contribution in [0.2, 0.25) is 10.3 Å². The molecule has 2 aromatic heterocycles. The standard InChI is InChI=1S/C12H8Cl2N2O3S/c1-5-4-20-9(12(18)19)8(5)16-11(17)6-2-3-7(13)15-10(6)14/h2-4H,1H3,(H,16,17)(H,18,19). The Morgan fingerprint density at radius 2 is 2.05 bits per heavy atom. The van der Waals surface area contributed by atoms with E-state index in [4.69, 9.17) is 28.3 Å². The van der Waals surface area contributed by atoms with Gasteiger partial charge in [-0.1, -0.05) is 23.2 Å². The quantitative estimate of drug-likeness (QED) is 0.841. The first-order chi connectivity index (χ1) is 9.40. The van der Waals surface area contributed by atoms with Crippen LogP contribution in [-0.2, 0) is 0 Å². The van der Waals surface area contributed by atoms with E-state index in [0.717, 1.165) is 11.3 Å². The Labute approximate surface area is 128 Å². The summed E-state index contributed by atoms with van der Waals surface area (Å²) in [5, 5.41) is 13.4. The first-order valence-corrected chi connectivity index (χ1v) is 6.98. The van der Waals surface area contributed by atoms with Crippen LogP contribution >= 0.6 is 34.5 Å². The molecule has 8 heteroatoms. The lowest BCUT2D eigenvalue weighted by atomic mass is 10.2. The minimum atomic E-state index is -1.10. The Morgan fingerprint density at radius 1 is 1.35 bits per heavy atom. The van der Waals surface area contributed by atoms with Gasteiger partial charge in [-0.15, -0.1) is 11.3 Å². The lowest BCUT2D eigenvalue weighted by Gasteiger charge is -2.07. The molecule has 0 aromatic carbocycles. The van der Waals surface area contributed by atoms with Crippen LogP contribution in [0, 0.1) is 6.92 Å². The highest BCUT2D eigenvalue weighted by molar-refractivity contribution is 7.12. The van der Waals surface area contributed by atoms with Crippen LogP contribution < -0.4 is 5.32 Å². The summed E-state index contributed by atoms with van der Waals surface area (Å²) in [4.78, 5) is 27.0. The van der Waals surface area contributed by atoms with Crippen molar-refractivity contribution in [2.45, 2.75) is 6.92 Å². The number of aromatic carboxylic acids is 1. The number of anilines is 1. The molecule has 0 saturated carbocycles. The van der Waals surface area contributed by atoms with Crippen molar-refractivity contribution in [3.63, 3.8) is 0 Å². The highest BCUT2D eigenvalue weighted by Crippen LogP contribution is 2.28. The fourth-order valence-corrected chi connectivity index (χ4v) is 2.79. The maximum Gasteiger partial charge on any atom is 0.348 e. The molecular weight excluding hydrogens is 323 g/mol. The molecule has 0 aliphatic heterocycles. The summed E-state index contributed by atoms with van der Waals surface area (Å²) in [7, 11) is 0. The Bertz CT molecular complexity index is 700. The van der Waals surface area contributed by atoms with E-state index >= 15 is 0 Å². The number of thiophene rings is 1. The topological polar surface area (TPSA) is 79.3 Å². The fourth-order valence-electron chi connectivity index (χ4n) is 1.52. The van der Waals surface area contributed by atoms with Gasteiger partial charge in [0, 0.05) is 0 Å². The van der Waals surface area contributed by atoms with Crippen LogP contribution in [0.1, 0.15) is 25.6 Å². The number of carboxylic acids is 1. The van der Waals surface area contributed by atoms with Crippen LogP contribution in [-0.4, -0.2) is 22.0 Å². The highest BCUT2D eigenvalue weighted by atomic mass is 35.5. The van der Waals surface area contributed by atoms with Crippen LogP contribution in [0.3, 0.4) is 0 Å². The molecule has 2 N–H and O–H groups in total. The Hall–Kier alpha value is -1.63. The number of hydrogen-bond acceptors (Lipinski definition) is 4. The van der Waals surface area contributed by atoms with Crippen molar-refractivity contribution >= 4 is 52.1 Å². The zero-order chi connectivity index (χ0) is 14.9. The summed E-state index contributed by atoms with van der Waals surface area (Å²) < 4.78 is 0. The second-order valence-electron chi connectivity index (χ2n) is 3.85. The van der Waals surface area contributed by atoms with Gasteiger partial charge in [-0.3, -0.25) is 4.79 Å². The van der Waals surface area contributed by atoms with Gasteiger partial charge < -0.3 is 10.4 Å². The van der Waals surface area contributed by atoms with Gasteiger partial charge in [-0.25, -0.2) is 9.78 Å². The smallest absolute Gasteiger partial charge is 0.348 e. The number of hydrogen-bond donors (Lipinski definition) is 2. The van der Waals surface area contributed by atoms with Crippen LogP contribution in [0.15, 0.2) is 17.5 Å². The molecule has 0 atom stereocenters. The minimum Gasteiger partial charge on any atom is -0.477 e. The van der Waals surface area contributed by atoms with E-state index in [-0.39, 0.29) is 26.4 Å². The average molecular weight is 331 g/mol. The van der Waals surface area contributed by atoms with Crippen molar-refractivity contribution in [2.75, 3.05) is 5.32 Å². The van der Waals surface area contributed by atoms with E-state index < -0.39 is 11.9 Å². The van der Waals surface area contributed by atoms with Gasteiger partial charge in [-0.2, -0.15) is 0 Å². The lowest BCUT2D eigenvalue weighted by Crippen LogP contribution is -2.15. The molecule has 5 nitrogen and oxygen atoms in total. The molecular formula is C12H8Cl2N2O3S. The van der Waals surface area contributed by atoms with Crippen molar-refractivity contribution in [1.29, 1.82) is 0 Å². The molecule has 0 aliphatic rings. The zero-order valence-electron chi connectivity index (χ0n) is 10.1. The third kappa shape index (κ3) is 2.92. The highest BCUT2D eigenvalue weighted by Gasteiger charge is 2.19. The third-order valence-electron chi connectivity index (χ3n) is 2.47. The van der Waals surface area contributed by atoms with E-state index in [1.54, 1.807) is 12.3 Å². The minimum absolute atomic E-state index is 0.0419. The number of aryl methyl sites for hydroxylation is 1. The molecule has 104 valence electrons.